The first-order valence-electron chi connectivity index (χ1n) is 8.87. The average Bonchev–Trinajstić information content (AvgIpc) is 2.66. The molecule has 1 fully saturated rings. The Hall–Kier alpha value is -2.02. The third-order valence-electron chi connectivity index (χ3n) is 4.70. The van der Waals surface area contributed by atoms with Gasteiger partial charge in [0.25, 0.3) is 5.91 Å². The highest BCUT2D eigenvalue weighted by Gasteiger charge is 2.33. The number of amides is 1. The first-order valence-corrected chi connectivity index (χ1v) is 9.85. The van der Waals surface area contributed by atoms with Gasteiger partial charge in [-0.15, -0.1) is 11.8 Å². The first kappa shape index (κ1) is 19.7. The second kappa shape index (κ2) is 8.33. The molecular weight excluding hydrogens is 373 g/mol. The van der Waals surface area contributed by atoms with Crippen molar-refractivity contribution in [1.82, 2.24) is 9.88 Å². The Bertz CT molecular complexity index is 802. The summed E-state index contributed by atoms with van der Waals surface area (Å²) in [6.45, 7) is 3.65. The van der Waals surface area contributed by atoms with E-state index in [9.17, 15) is 18.0 Å². The lowest BCUT2D eigenvalue weighted by molar-refractivity contribution is -0.139. The van der Waals surface area contributed by atoms with E-state index in [0.29, 0.717) is 17.2 Å². The molecule has 1 aromatic heterocycles. The van der Waals surface area contributed by atoms with Gasteiger partial charge in [-0.05, 0) is 42.5 Å². The SMILES string of the molecule is CC1CCN(C(=O)c2cncc(CSc3ccccc3C(F)(F)F)c2)CC1. The van der Waals surface area contributed by atoms with Crippen molar-refractivity contribution in [2.24, 2.45) is 5.92 Å². The van der Waals surface area contributed by atoms with Crippen LogP contribution in [0.25, 0.3) is 0 Å². The largest absolute Gasteiger partial charge is 0.417 e. The van der Waals surface area contributed by atoms with Gasteiger partial charge in [0.05, 0.1) is 11.1 Å². The van der Waals surface area contributed by atoms with Gasteiger partial charge >= 0.3 is 6.18 Å². The Morgan fingerprint density at radius 1 is 1.22 bits per heavy atom. The van der Waals surface area contributed by atoms with Crippen molar-refractivity contribution in [2.75, 3.05) is 13.1 Å². The molecule has 0 N–H and O–H groups in total. The highest BCUT2D eigenvalue weighted by molar-refractivity contribution is 7.98. The number of carbonyl (C=O) groups excluding carboxylic acids is 1. The number of hydrogen-bond acceptors (Lipinski definition) is 3. The van der Waals surface area contributed by atoms with Gasteiger partial charge in [-0.3, -0.25) is 9.78 Å². The van der Waals surface area contributed by atoms with E-state index in [1.807, 2.05) is 4.90 Å². The Balaban J connectivity index is 1.69. The molecule has 0 spiro atoms. The van der Waals surface area contributed by atoms with E-state index in [0.717, 1.165) is 49.3 Å². The lowest BCUT2D eigenvalue weighted by Crippen LogP contribution is -2.37. The molecule has 144 valence electrons. The minimum absolute atomic E-state index is 0.0584. The van der Waals surface area contributed by atoms with Gasteiger partial charge in [0.1, 0.15) is 0 Å². The molecule has 1 amide bonds. The molecule has 1 aromatic carbocycles. The molecule has 27 heavy (non-hydrogen) atoms. The number of hydrogen-bond donors (Lipinski definition) is 0. The molecule has 0 radical (unpaired) electrons. The van der Waals surface area contributed by atoms with Crippen molar-refractivity contribution < 1.29 is 18.0 Å². The van der Waals surface area contributed by atoms with Crippen molar-refractivity contribution in [3.05, 3.63) is 59.4 Å². The number of carbonyl (C=O) groups is 1. The topological polar surface area (TPSA) is 33.2 Å². The fourth-order valence-electron chi connectivity index (χ4n) is 3.07. The number of alkyl halides is 3. The van der Waals surface area contributed by atoms with Gasteiger partial charge in [-0.2, -0.15) is 13.2 Å². The number of benzene rings is 1. The highest BCUT2D eigenvalue weighted by atomic mass is 32.2. The van der Waals surface area contributed by atoms with Crippen LogP contribution < -0.4 is 0 Å². The number of aromatic nitrogens is 1. The van der Waals surface area contributed by atoms with E-state index in [4.69, 9.17) is 0 Å². The van der Waals surface area contributed by atoms with Crippen LogP contribution in [0.1, 0.15) is 41.3 Å². The molecule has 0 unspecified atom stereocenters. The molecule has 1 aliphatic heterocycles. The van der Waals surface area contributed by atoms with Crippen LogP contribution in [0, 0.1) is 5.92 Å². The second-order valence-electron chi connectivity index (χ2n) is 6.84. The molecule has 2 aromatic rings. The summed E-state index contributed by atoms with van der Waals surface area (Å²) in [7, 11) is 0. The Morgan fingerprint density at radius 3 is 2.63 bits per heavy atom. The summed E-state index contributed by atoms with van der Waals surface area (Å²) in [6.07, 6.45) is 0.716. The van der Waals surface area contributed by atoms with E-state index >= 15 is 0 Å². The van der Waals surface area contributed by atoms with Crippen molar-refractivity contribution in [1.29, 1.82) is 0 Å². The summed E-state index contributed by atoms with van der Waals surface area (Å²) < 4.78 is 39.3. The number of pyridine rings is 1. The molecule has 0 atom stereocenters. The predicted octanol–water partition coefficient (Wildman–Crippen LogP) is 5.26. The summed E-state index contributed by atoms with van der Waals surface area (Å²) >= 11 is 1.10. The number of halogens is 3. The fourth-order valence-corrected chi connectivity index (χ4v) is 4.06. The third-order valence-corrected chi connectivity index (χ3v) is 5.84. The van der Waals surface area contributed by atoms with Crippen LogP contribution in [0.4, 0.5) is 13.2 Å². The monoisotopic (exact) mass is 394 g/mol. The minimum atomic E-state index is -4.38. The van der Waals surface area contributed by atoms with Crippen molar-refractivity contribution >= 4 is 17.7 Å². The molecule has 1 aliphatic rings. The first-order chi connectivity index (χ1) is 12.8. The number of rotatable bonds is 4. The molecule has 7 heteroatoms. The number of piperidine rings is 1. The molecule has 0 aliphatic carbocycles. The van der Waals surface area contributed by atoms with Gasteiger partial charge in [-0.25, -0.2) is 0 Å². The maximum Gasteiger partial charge on any atom is 0.417 e. The predicted molar refractivity (Wildman–Crippen MR) is 99.5 cm³/mol. The normalized spacial score (nSPS) is 15.8. The number of likely N-dealkylation sites (tertiary alicyclic amines) is 1. The van der Waals surface area contributed by atoms with Crippen LogP contribution in [0.15, 0.2) is 47.6 Å². The van der Waals surface area contributed by atoms with E-state index in [2.05, 4.69) is 11.9 Å². The van der Waals surface area contributed by atoms with E-state index in [1.54, 1.807) is 18.3 Å². The molecule has 0 saturated carbocycles. The minimum Gasteiger partial charge on any atom is -0.339 e. The Morgan fingerprint density at radius 2 is 1.93 bits per heavy atom. The van der Waals surface area contributed by atoms with Crippen molar-refractivity contribution in [3.8, 4) is 0 Å². The molecule has 3 nitrogen and oxygen atoms in total. The van der Waals surface area contributed by atoms with Gasteiger partial charge in [0.2, 0.25) is 0 Å². The Labute approximate surface area is 161 Å². The van der Waals surface area contributed by atoms with Crippen LogP contribution in [0.3, 0.4) is 0 Å². The van der Waals surface area contributed by atoms with Crippen LogP contribution >= 0.6 is 11.8 Å². The van der Waals surface area contributed by atoms with Gasteiger partial charge in [0, 0.05) is 36.1 Å². The fraction of sp³-hybridized carbons (Fsp3) is 0.400. The van der Waals surface area contributed by atoms with Gasteiger partial charge in [0.15, 0.2) is 0 Å². The summed E-state index contributed by atoms with van der Waals surface area (Å²) in [5, 5.41) is 0. The quantitative estimate of drug-likeness (QED) is 0.663. The van der Waals surface area contributed by atoms with E-state index in [-0.39, 0.29) is 10.8 Å². The third kappa shape index (κ3) is 5.03. The summed E-state index contributed by atoms with van der Waals surface area (Å²) in [5.74, 6) is 0.888. The summed E-state index contributed by atoms with van der Waals surface area (Å²) in [6, 6.07) is 7.25. The Kier molecular flexibility index (Phi) is 6.09. The summed E-state index contributed by atoms with van der Waals surface area (Å²) in [5.41, 5.74) is 0.581. The van der Waals surface area contributed by atoms with Crippen molar-refractivity contribution in [2.45, 2.75) is 36.6 Å². The number of nitrogens with zero attached hydrogens (tertiary/aromatic N) is 2. The smallest absolute Gasteiger partial charge is 0.339 e. The lowest BCUT2D eigenvalue weighted by Gasteiger charge is -2.30. The van der Waals surface area contributed by atoms with Crippen LogP contribution in [0.2, 0.25) is 0 Å². The zero-order chi connectivity index (χ0) is 19.4. The van der Waals surface area contributed by atoms with Crippen LogP contribution in [-0.4, -0.2) is 28.9 Å². The zero-order valence-electron chi connectivity index (χ0n) is 15.0. The standard InChI is InChI=1S/C20H21F3N2OS/c1-14-6-8-25(9-7-14)19(26)16-10-15(11-24-12-16)13-27-18-5-3-2-4-17(18)20(21,22)23/h2-5,10-12,14H,6-9,13H2,1H3. The maximum atomic E-state index is 13.1. The molecule has 2 heterocycles. The molecule has 0 bridgehead atoms. The average molecular weight is 394 g/mol. The zero-order valence-corrected chi connectivity index (χ0v) is 15.8. The molecule has 1 saturated heterocycles. The van der Waals surface area contributed by atoms with Gasteiger partial charge in [-0.1, -0.05) is 19.1 Å². The van der Waals surface area contributed by atoms with Crippen LogP contribution in [0.5, 0.6) is 0 Å². The highest BCUT2D eigenvalue weighted by Crippen LogP contribution is 2.37. The van der Waals surface area contributed by atoms with Crippen LogP contribution in [-0.2, 0) is 11.9 Å². The van der Waals surface area contributed by atoms with Crippen molar-refractivity contribution in [3.63, 3.8) is 0 Å². The molecular formula is C20H21F3N2OS. The molecule has 3 rings (SSSR count). The van der Waals surface area contributed by atoms with E-state index < -0.39 is 11.7 Å². The lowest BCUT2D eigenvalue weighted by atomic mass is 9.99. The number of thioether (sulfide) groups is 1. The van der Waals surface area contributed by atoms with E-state index in [1.165, 1.54) is 18.3 Å². The summed E-state index contributed by atoms with van der Waals surface area (Å²) in [4.78, 5) is 18.8. The van der Waals surface area contributed by atoms with Gasteiger partial charge < -0.3 is 4.90 Å². The maximum absolute atomic E-state index is 13.1. The second-order valence-corrected chi connectivity index (χ2v) is 7.86.